The Kier molecular flexibility index (Phi) is 2.32. The van der Waals surface area contributed by atoms with Crippen LogP contribution in [0.15, 0.2) is 0 Å². The van der Waals surface area contributed by atoms with E-state index in [0.29, 0.717) is 5.92 Å². The molecular formula is C8H18N4. The monoisotopic (exact) mass is 170 g/mol. The Hall–Kier alpha value is -0.160. The van der Waals surface area contributed by atoms with Gasteiger partial charge < -0.3 is 11.5 Å². The summed E-state index contributed by atoms with van der Waals surface area (Å²) in [6.45, 7) is 4.22. The lowest BCUT2D eigenvalue weighted by molar-refractivity contribution is -0.103. The van der Waals surface area contributed by atoms with Gasteiger partial charge in [-0.3, -0.25) is 0 Å². The quantitative estimate of drug-likeness (QED) is 0.568. The molecule has 2 atom stereocenters. The fourth-order valence-corrected chi connectivity index (χ4v) is 1.98. The molecule has 70 valence electrons. The standard InChI is InChI=1S/C8H18N4/c9-5-7-1-3-11(6-7)12-4-2-8(12)10/h7-8H,1-6,9-10H2. The predicted molar refractivity (Wildman–Crippen MR) is 48.0 cm³/mol. The Labute approximate surface area is 73.5 Å². The molecule has 4 N–H and O–H groups in total. The summed E-state index contributed by atoms with van der Waals surface area (Å²) in [4.78, 5) is 0. The number of hydrogen-bond acceptors (Lipinski definition) is 4. The maximum absolute atomic E-state index is 5.84. The Balaban J connectivity index is 1.82. The lowest BCUT2D eigenvalue weighted by Crippen LogP contribution is -2.60. The molecule has 4 nitrogen and oxygen atoms in total. The van der Waals surface area contributed by atoms with Crippen LogP contribution in [0.5, 0.6) is 0 Å². The van der Waals surface area contributed by atoms with Gasteiger partial charge in [0, 0.05) is 19.6 Å². The van der Waals surface area contributed by atoms with Crippen LogP contribution in [0.1, 0.15) is 12.8 Å². The second-order valence-corrected chi connectivity index (χ2v) is 3.82. The highest BCUT2D eigenvalue weighted by molar-refractivity contribution is 4.81. The molecule has 2 saturated heterocycles. The van der Waals surface area contributed by atoms with Crippen LogP contribution in [0.4, 0.5) is 0 Å². The van der Waals surface area contributed by atoms with Crippen molar-refractivity contribution >= 4 is 0 Å². The van der Waals surface area contributed by atoms with Crippen molar-refractivity contribution in [2.24, 2.45) is 17.4 Å². The van der Waals surface area contributed by atoms with Gasteiger partial charge in [0.2, 0.25) is 0 Å². The maximum Gasteiger partial charge on any atom is 0.0723 e. The first kappa shape index (κ1) is 8.44. The third kappa shape index (κ3) is 1.35. The molecule has 0 spiro atoms. The van der Waals surface area contributed by atoms with Crippen molar-refractivity contribution in [3.63, 3.8) is 0 Å². The summed E-state index contributed by atoms with van der Waals surface area (Å²) in [5.74, 6) is 0.692. The number of nitrogens with zero attached hydrogens (tertiary/aromatic N) is 2. The molecular weight excluding hydrogens is 152 g/mol. The first-order valence-corrected chi connectivity index (χ1v) is 4.78. The highest BCUT2D eigenvalue weighted by Gasteiger charge is 2.33. The maximum atomic E-state index is 5.84. The summed E-state index contributed by atoms with van der Waals surface area (Å²) in [5.41, 5.74) is 11.5. The van der Waals surface area contributed by atoms with E-state index in [0.717, 1.165) is 32.6 Å². The molecule has 2 heterocycles. The fraction of sp³-hybridized carbons (Fsp3) is 1.00. The number of rotatable bonds is 2. The fourth-order valence-electron chi connectivity index (χ4n) is 1.98. The molecule has 4 heteroatoms. The zero-order chi connectivity index (χ0) is 8.55. The lowest BCUT2D eigenvalue weighted by atomic mass is 10.1. The number of hydrazine groups is 1. The summed E-state index contributed by atoms with van der Waals surface area (Å²) >= 11 is 0. The normalized spacial score (nSPS) is 38.5. The van der Waals surface area contributed by atoms with E-state index < -0.39 is 0 Å². The highest BCUT2D eigenvalue weighted by Crippen LogP contribution is 2.23. The average Bonchev–Trinajstić information content (AvgIpc) is 2.50. The average molecular weight is 170 g/mol. The van der Waals surface area contributed by atoms with Crippen molar-refractivity contribution in [2.45, 2.75) is 19.0 Å². The summed E-state index contributed by atoms with van der Waals surface area (Å²) in [6, 6.07) is 0. The van der Waals surface area contributed by atoms with Crippen LogP contribution in [0.2, 0.25) is 0 Å². The minimum absolute atomic E-state index is 0.279. The molecule has 2 rings (SSSR count). The summed E-state index contributed by atoms with van der Waals surface area (Å²) in [7, 11) is 0. The van der Waals surface area contributed by atoms with Gasteiger partial charge in [-0.1, -0.05) is 0 Å². The number of hydrogen-bond donors (Lipinski definition) is 2. The van der Waals surface area contributed by atoms with Crippen LogP contribution in [0.25, 0.3) is 0 Å². The van der Waals surface area contributed by atoms with Crippen molar-refractivity contribution < 1.29 is 0 Å². The summed E-state index contributed by atoms with van der Waals surface area (Å²) < 4.78 is 0. The second-order valence-electron chi connectivity index (χ2n) is 3.82. The third-order valence-electron chi connectivity index (χ3n) is 3.00. The molecule has 0 aromatic rings. The third-order valence-corrected chi connectivity index (χ3v) is 3.00. The zero-order valence-electron chi connectivity index (χ0n) is 7.45. The van der Waals surface area contributed by atoms with Crippen molar-refractivity contribution in [3.05, 3.63) is 0 Å². The van der Waals surface area contributed by atoms with Crippen LogP contribution in [-0.2, 0) is 0 Å². The first-order valence-electron chi connectivity index (χ1n) is 4.78. The minimum atomic E-state index is 0.279. The van der Waals surface area contributed by atoms with E-state index in [9.17, 15) is 0 Å². The molecule has 2 aliphatic rings. The lowest BCUT2D eigenvalue weighted by Gasteiger charge is -2.44. The first-order chi connectivity index (χ1) is 5.81. The van der Waals surface area contributed by atoms with Gasteiger partial charge in [0.1, 0.15) is 0 Å². The van der Waals surface area contributed by atoms with Gasteiger partial charge in [0.05, 0.1) is 6.17 Å². The van der Waals surface area contributed by atoms with Crippen LogP contribution in [0.3, 0.4) is 0 Å². The van der Waals surface area contributed by atoms with Gasteiger partial charge in [0.25, 0.3) is 0 Å². The molecule has 0 aromatic heterocycles. The van der Waals surface area contributed by atoms with Crippen LogP contribution in [-0.4, -0.2) is 42.4 Å². The molecule has 0 saturated carbocycles. The van der Waals surface area contributed by atoms with E-state index in [2.05, 4.69) is 10.0 Å². The smallest absolute Gasteiger partial charge is 0.0723 e. The van der Waals surface area contributed by atoms with Crippen LogP contribution in [0, 0.1) is 5.92 Å². The Morgan fingerprint density at radius 2 is 2.08 bits per heavy atom. The molecule has 12 heavy (non-hydrogen) atoms. The van der Waals surface area contributed by atoms with Gasteiger partial charge >= 0.3 is 0 Å². The highest BCUT2D eigenvalue weighted by atomic mass is 15.7. The molecule has 2 fully saturated rings. The van der Waals surface area contributed by atoms with Gasteiger partial charge in [-0.15, -0.1) is 0 Å². The Morgan fingerprint density at radius 1 is 1.25 bits per heavy atom. The van der Waals surface area contributed by atoms with E-state index in [1.54, 1.807) is 0 Å². The van der Waals surface area contributed by atoms with Crippen molar-refractivity contribution in [1.82, 2.24) is 10.0 Å². The Bertz CT molecular complexity index is 161. The zero-order valence-corrected chi connectivity index (χ0v) is 7.45. The topological polar surface area (TPSA) is 58.5 Å². The van der Waals surface area contributed by atoms with Gasteiger partial charge in [-0.05, 0) is 25.3 Å². The second kappa shape index (κ2) is 3.30. The molecule has 0 radical (unpaired) electrons. The van der Waals surface area contributed by atoms with E-state index >= 15 is 0 Å². The molecule has 0 bridgehead atoms. The van der Waals surface area contributed by atoms with E-state index in [1.165, 1.54) is 6.42 Å². The van der Waals surface area contributed by atoms with E-state index in [1.807, 2.05) is 0 Å². The molecule has 0 aliphatic carbocycles. The number of nitrogens with two attached hydrogens (primary N) is 2. The van der Waals surface area contributed by atoms with E-state index in [-0.39, 0.29) is 6.17 Å². The van der Waals surface area contributed by atoms with Crippen LogP contribution >= 0.6 is 0 Å². The summed E-state index contributed by atoms with van der Waals surface area (Å²) in [6.07, 6.45) is 2.66. The molecule has 2 aliphatic heterocycles. The van der Waals surface area contributed by atoms with Crippen molar-refractivity contribution in [3.8, 4) is 0 Å². The predicted octanol–water partition coefficient (Wildman–Crippen LogP) is -0.827. The van der Waals surface area contributed by atoms with Gasteiger partial charge in [-0.2, -0.15) is 0 Å². The van der Waals surface area contributed by atoms with E-state index in [4.69, 9.17) is 11.5 Å². The minimum Gasteiger partial charge on any atom is -0.330 e. The molecule has 0 amide bonds. The van der Waals surface area contributed by atoms with Crippen molar-refractivity contribution in [2.75, 3.05) is 26.2 Å². The largest absolute Gasteiger partial charge is 0.330 e. The SMILES string of the molecule is NCC1CCN(N2CCC2N)C1. The Morgan fingerprint density at radius 3 is 2.50 bits per heavy atom. The van der Waals surface area contributed by atoms with Crippen LogP contribution < -0.4 is 11.5 Å². The van der Waals surface area contributed by atoms with Crippen molar-refractivity contribution in [1.29, 1.82) is 0 Å². The molecule has 0 aromatic carbocycles. The summed E-state index contributed by atoms with van der Waals surface area (Å²) in [5, 5.41) is 4.64. The van der Waals surface area contributed by atoms with Gasteiger partial charge in [0.15, 0.2) is 0 Å². The molecule has 2 unspecified atom stereocenters. The van der Waals surface area contributed by atoms with Gasteiger partial charge in [-0.25, -0.2) is 10.0 Å².